The Morgan fingerprint density at radius 2 is 1.33 bits per heavy atom. The van der Waals surface area contributed by atoms with Gasteiger partial charge in [0.1, 0.15) is 18.8 Å². The number of aliphatic hydroxyl groups excluding tert-OH is 1. The van der Waals surface area contributed by atoms with Crippen LogP contribution in [0.3, 0.4) is 0 Å². The number of hydrogen-bond donors (Lipinski definition) is 1. The van der Waals surface area contributed by atoms with Gasteiger partial charge in [0.2, 0.25) is 12.4 Å². The van der Waals surface area contributed by atoms with Gasteiger partial charge < -0.3 is 28.8 Å². The molecule has 0 spiro atoms. The van der Waals surface area contributed by atoms with Gasteiger partial charge in [0.25, 0.3) is 0 Å². The Hall–Kier alpha value is -2.20. The fourth-order valence-corrected chi connectivity index (χ4v) is 2.13. The summed E-state index contributed by atoms with van der Waals surface area (Å²) in [6, 6.07) is 0. The van der Waals surface area contributed by atoms with E-state index in [1.54, 1.807) is 0 Å². The lowest BCUT2D eigenvalue weighted by Crippen LogP contribution is -2.62. The van der Waals surface area contributed by atoms with Crippen LogP contribution in [0.5, 0.6) is 0 Å². The van der Waals surface area contributed by atoms with Gasteiger partial charge in [-0.25, -0.2) is 0 Å². The van der Waals surface area contributed by atoms with Crippen LogP contribution in [0.1, 0.15) is 27.7 Å². The van der Waals surface area contributed by atoms with E-state index in [1.165, 1.54) is 0 Å². The standard InChI is InChI=1S/C14H20O10/c1-6(15)20-5-10-11(19)12(21-7(2)16)13(22-8(3)17)14(24-10)23-9(4)18/h10-14,19H,5H2,1-4H3/t10-,11-,12+,13-,14-/m1/s1. The zero-order valence-electron chi connectivity index (χ0n) is 13.7. The van der Waals surface area contributed by atoms with Crippen molar-refractivity contribution in [1.29, 1.82) is 0 Å². The van der Waals surface area contributed by atoms with Crippen molar-refractivity contribution in [1.82, 2.24) is 0 Å². The van der Waals surface area contributed by atoms with E-state index in [1.807, 2.05) is 0 Å². The van der Waals surface area contributed by atoms with Gasteiger partial charge in [0.15, 0.2) is 6.10 Å². The molecule has 0 aromatic rings. The first-order chi connectivity index (χ1) is 11.1. The van der Waals surface area contributed by atoms with Gasteiger partial charge in [-0.15, -0.1) is 0 Å². The molecule has 10 heteroatoms. The molecule has 1 N–H and O–H groups in total. The SMILES string of the molecule is CC(=O)OC[C@H]1O[C@@H](OC(C)=O)[C@H](OC(C)=O)[C@@H](OC(C)=O)[C@@H]1O. The van der Waals surface area contributed by atoms with Crippen molar-refractivity contribution in [3.05, 3.63) is 0 Å². The molecule has 1 fully saturated rings. The second kappa shape index (κ2) is 8.60. The monoisotopic (exact) mass is 348 g/mol. The summed E-state index contributed by atoms with van der Waals surface area (Å²) in [6.45, 7) is 4.06. The molecule has 1 rings (SSSR count). The molecule has 1 heterocycles. The Balaban J connectivity index is 3.07. The lowest BCUT2D eigenvalue weighted by atomic mass is 9.98. The Bertz CT molecular complexity index is 502. The maximum Gasteiger partial charge on any atom is 0.305 e. The molecule has 0 aliphatic carbocycles. The number of esters is 4. The average molecular weight is 348 g/mol. The van der Waals surface area contributed by atoms with Crippen molar-refractivity contribution in [2.24, 2.45) is 0 Å². The highest BCUT2D eigenvalue weighted by Crippen LogP contribution is 2.27. The molecular formula is C14H20O10. The van der Waals surface area contributed by atoms with E-state index in [0.29, 0.717) is 0 Å². The summed E-state index contributed by atoms with van der Waals surface area (Å²) in [5.74, 6) is -2.89. The van der Waals surface area contributed by atoms with Crippen molar-refractivity contribution in [2.75, 3.05) is 6.61 Å². The maximum absolute atomic E-state index is 11.3. The maximum atomic E-state index is 11.3. The Labute approximate surface area is 137 Å². The molecule has 1 aliphatic heterocycles. The first kappa shape index (κ1) is 19.8. The van der Waals surface area contributed by atoms with Crippen LogP contribution in [0.2, 0.25) is 0 Å². The molecule has 0 saturated carbocycles. The van der Waals surface area contributed by atoms with Gasteiger partial charge in [-0.2, -0.15) is 0 Å². The van der Waals surface area contributed by atoms with Gasteiger partial charge in [-0.1, -0.05) is 0 Å². The summed E-state index contributed by atoms with van der Waals surface area (Å²) in [5, 5.41) is 10.3. The predicted octanol–water partition coefficient (Wildman–Crippen LogP) is -0.938. The van der Waals surface area contributed by atoms with Crippen LogP contribution < -0.4 is 0 Å². The molecule has 0 unspecified atom stereocenters. The van der Waals surface area contributed by atoms with E-state index >= 15 is 0 Å². The van der Waals surface area contributed by atoms with E-state index < -0.39 is 54.6 Å². The first-order valence-electron chi connectivity index (χ1n) is 7.10. The highest BCUT2D eigenvalue weighted by atomic mass is 16.7. The van der Waals surface area contributed by atoms with Gasteiger partial charge >= 0.3 is 23.9 Å². The van der Waals surface area contributed by atoms with Gasteiger partial charge in [-0.05, 0) is 0 Å². The lowest BCUT2D eigenvalue weighted by Gasteiger charge is -2.42. The predicted molar refractivity (Wildman–Crippen MR) is 74.2 cm³/mol. The zero-order chi connectivity index (χ0) is 18.4. The third-order valence-electron chi connectivity index (χ3n) is 2.96. The van der Waals surface area contributed by atoms with E-state index in [0.717, 1.165) is 27.7 Å². The van der Waals surface area contributed by atoms with E-state index in [-0.39, 0.29) is 6.61 Å². The van der Waals surface area contributed by atoms with Crippen LogP contribution in [-0.4, -0.2) is 66.3 Å². The average Bonchev–Trinajstić information content (AvgIpc) is 2.42. The van der Waals surface area contributed by atoms with Crippen molar-refractivity contribution < 1.29 is 48.0 Å². The quantitative estimate of drug-likeness (QED) is 0.490. The van der Waals surface area contributed by atoms with Gasteiger partial charge in [0, 0.05) is 27.7 Å². The minimum Gasteiger partial charge on any atom is -0.463 e. The smallest absolute Gasteiger partial charge is 0.305 e. The number of aliphatic hydroxyl groups is 1. The molecule has 0 bridgehead atoms. The van der Waals surface area contributed by atoms with Crippen LogP contribution in [-0.2, 0) is 42.9 Å². The Morgan fingerprint density at radius 3 is 1.79 bits per heavy atom. The normalized spacial score (nSPS) is 29.3. The molecule has 1 aliphatic rings. The van der Waals surface area contributed by atoms with Crippen molar-refractivity contribution in [2.45, 2.75) is 58.4 Å². The summed E-state index contributed by atoms with van der Waals surface area (Å²) in [6.07, 6.45) is -6.83. The van der Waals surface area contributed by atoms with E-state index in [2.05, 4.69) is 0 Å². The first-order valence-corrected chi connectivity index (χ1v) is 7.10. The van der Waals surface area contributed by atoms with Crippen LogP contribution in [0, 0.1) is 0 Å². The molecule has 0 amide bonds. The molecule has 5 atom stereocenters. The Morgan fingerprint density at radius 1 is 0.833 bits per heavy atom. The van der Waals surface area contributed by atoms with Crippen molar-refractivity contribution >= 4 is 23.9 Å². The van der Waals surface area contributed by atoms with Crippen LogP contribution in [0.4, 0.5) is 0 Å². The van der Waals surface area contributed by atoms with Gasteiger partial charge in [-0.3, -0.25) is 19.2 Å². The molecule has 24 heavy (non-hydrogen) atoms. The second-order valence-electron chi connectivity index (χ2n) is 5.09. The van der Waals surface area contributed by atoms with Crippen LogP contribution >= 0.6 is 0 Å². The largest absolute Gasteiger partial charge is 0.463 e. The summed E-state index contributed by atoms with van der Waals surface area (Å²) in [4.78, 5) is 44.7. The molecule has 10 nitrogen and oxygen atoms in total. The summed E-state index contributed by atoms with van der Waals surface area (Å²) in [5.41, 5.74) is 0. The number of rotatable bonds is 5. The number of ether oxygens (including phenoxy) is 5. The third-order valence-corrected chi connectivity index (χ3v) is 2.96. The highest BCUT2D eigenvalue weighted by molar-refractivity contribution is 5.68. The Kier molecular flexibility index (Phi) is 7.11. The van der Waals surface area contributed by atoms with Crippen molar-refractivity contribution in [3.8, 4) is 0 Å². The minimum absolute atomic E-state index is 0.376. The third kappa shape index (κ3) is 5.78. The molecule has 0 radical (unpaired) electrons. The minimum atomic E-state index is -1.48. The molecule has 136 valence electrons. The number of carbonyl (C=O) groups is 4. The fourth-order valence-electron chi connectivity index (χ4n) is 2.13. The van der Waals surface area contributed by atoms with Crippen LogP contribution in [0.15, 0.2) is 0 Å². The number of carbonyl (C=O) groups excluding carboxylic acids is 4. The molecule has 0 aromatic heterocycles. The van der Waals surface area contributed by atoms with Crippen LogP contribution in [0.25, 0.3) is 0 Å². The van der Waals surface area contributed by atoms with E-state index in [4.69, 9.17) is 23.7 Å². The molecular weight excluding hydrogens is 328 g/mol. The van der Waals surface area contributed by atoms with Gasteiger partial charge in [0.05, 0.1) is 0 Å². The second-order valence-corrected chi connectivity index (χ2v) is 5.09. The summed E-state index contributed by atoms with van der Waals surface area (Å²) < 4.78 is 25.0. The molecule has 0 aromatic carbocycles. The molecule has 1 saturated heterocycles. The fraction of sp³-hybridized carbons (Fsp3) is 0.714. The highest BCUT2D eigenvalue weighted by Gasteiger charge is 2.51. The topological polar surface area (TPSA) is 135 Å². The van der Waals surface area contributed by atoms with E-state index in [9.17, 15) is 24.3 Å². The van der Waals surface area contributed by atoms with Crippen molar-refractivity contribution in [3.63, 3.8) is 0 Å². The number of hydrogen-bond acceptors (Lipinski definition) is 10. The lowest BCUT2D eigenvalue weighted by molar-refractivity contribution is -0.298. The zero-order valence-corrected chi connectivity index (χ0v) is 13.7. The summed E-state index contributed by atoms with van der Waals surface area (Å²) >= 11 is 0. The summed E-state index contributed by atoms with van der Waals surface area (Å²) in [7, 11) is 0.